The monoisotopic (exact) mass is 294 g/mol. The molecule has 0 saturated carbocycles. The Labute approximate surface area is 126 Å². The molecule has 1 aromatic rings. The number of piperidine rings is 1. The van der Waals surface area contributed by atoms with Crippen molar-refractivity contribution in [3.63, 3.8) is 0 Å². The van der Waals surface area contributed by atoms with E-state index in [-0.39, 0.29) is 11.8 Å². The summed E-state index contributed by atoms with van der Waals surface area (Å²) < 4.78 is 5.84. The number of nitrogens with zero attached hydrogens (tertiary/aromatic N) is 2. The molecular formula is C16H26N2O3. The highest BCUT2D eigenvalue weighted by Crippen LogP contribution is 2.25. The summed E-state index contributed by atoms with van der Waals surface area (Å²) in [5.74, 6) is 1.46. The molecule has 118 valence electrons. The minimum absolute atomic E-state index is 0.0167. The quantitative estimate of drug-likeness (QED) is 0.904. The minimum atomic E-state index is -0.699. The lowest BCUT2D eigenvalue weighted by Crippen LogP contribution is -2.35. The highest BCUT2D eigenvalue weighted by molar-refractivity contribution is 5.66. The normalized spacial score (nSPS) is 20.6. The zero-order valence-corrected chi connectivity index (χ0v) is 13.3. The Morgan fingerprint density at radius 2 is 2.29 bits per heavy atom. The van der Waals surface area contributed by atoms with Gasteiger partial charge >= 0.3 is 5.97 Å². The first-order valence-electron chi connectivity index (χ1n) is 7.74. The van der Waals surface area contributed by atoms with Gasteiger partial charge in [-0.3, -0.25) is 9.69 Å². The Morgan fingerprint density at radius 3 is 2.90 bits per heavy atom. The number of aliphatic carboxylic acids is 1. The highest BCUT2D eigenvalue weighted by Gasteiger charge is 2.23. The summed E-state index contributed by atoms with van der Waals surface area (Å²) in [5.41, 5.74) is -0.0167. The van der Waals surface area contributed by atoms with Crippen LogP contribution in [0.1, 0.15) is 58.1 Å². The van der Waals surface area contributed by atoms with Gasteiger partial charge in [-0.2, -0.15) is 0 Å². The molecule has 1 aliphatic heterocycles. The fourth-order valence-electron chi connectivity index (χ4n) is 2.78. The van der Waals surface area contributed by atoms with Gasteiger partial charge in [-0.05, 0) is 31.7 Å². The van der Waals surface area contributed by atoms with Crippen molar-refractivity contribution in [3.8, 4) is 0 Å². The van der Waals surface area contributed by atoms with Crippen LogP contribution in [-0.2, 0) is 16.8 Å². The lowest BCUT2D eigenvalue weighted by Gasteiger charge is -2.31. The van der Waals surface area contributed by atoms with E-state index in [2.05, 4.69) is 30.7 Å². The van der Waals surface area contributed by atoms with Gasteiger partial charge in [0, 0.05) is 18.4 Å². The Kier molecular flexibility index (Phi) is 5.04. The molecule has 0 aromatic carbocycles. The third-order valence-corrected chi connectivity index (χ3v) is 4.02. The van der Waals surface area contributed by atoms with E-state index >= 15 is 0 Å². The number of oxazole rings is 1. The lowest BCUT2D eigenvalue weighted by molar-refractivity contribution is -0.137. The number of carboxylic acid groups (broad SMARTS) is 1. The third-order valence-electron chi connectivity index (χ3n) is 4.02. The maximum Gasteiger partial charge on any atom is 0.303 e. The summed E-state index contributed by atoms with van der Waals surface area (Å²) in [4.78, 5) is 17.4. The molecule has 2 rings (SSSR count). The van der Waals surface area contributed by atoms with Crippen LogP contribution in [0.2, 0.25) is 0 Å². The van der Waals surface area contributed by atoms with Crippen LogP contribution >= 0.6 is 0 Å². The molecule has 0 aliphatic carbocycles. The van der Waals surface area contributed by atoms with Crippen LogP contribution < -0.4 is 0 Å². The first-order valence-corrected chi connectivity index (χ1v) is 7.74. The van der Waals surface area contributed by atoms with E-state index < -0.39 is 5.97 Å². The molecule has 1 saturated heterocycles. The van der Waals surface area contributed by atoms with Gasteiger partial charge in [-0.15, -0.1) is 0 Å². The average Bonchev–Trinajstić information content (AvgIpc) is 2.85. The largest absolute Gasteiger partial charge is 0.481 e. The van der Waals surface area contributed by atoms with Crippen LogP contribution in [0.25, 0.3) is 0 Å². The first kappa shape index (κ1) is 16.0. The van der Waals surface area contributed by atoms with E-state index in [9.17, 15) is 4.79 Å². The van der Waals surface area contributed by atoms with Gasteiger partial charge < -0.3 is 9.52 Å². The molecule has 1 unspecified atom stereocenters. The number of carbonyl (C=O) groups is 1. The molecule has 21 heavy (non-hydrogen) atoms. The standard InChI is InChI=1S/C16H26N2O3/c1-16(2,3)13-9-17-14(21-13)11-18-8-4-5-12(10-18)6-7-15(19)20/h9,12H,4-8,10-11H2,1-3H3,(H,19,20). The molecule has 1 N–H and O–H groups in total. The molecular weight excluding hydrogens is 268 g/mol. The van der Waals surface area contributed by atoms with E-state index in [1.807, 2.05) is 6.20 Å². The van der Waals surface area contributed by atoms with Crippen molar-refractivity contribution in [2.24, 2.45) is 5.92 Å². The molecule has 0 bridgehead atoms. The summed E-state index contributed by atoms with van der Waals surface area (Å²) >= 11 is 0. The Hall–Kier alpha value is -1.36. The molecule has 5 heteroatoms. The van der Waals surface area contributed by atoms with Gasteiger partial charge in [0.25, 0.3) is 0 Å². The van der Waals surface area contributed by atoms with E-state index in [0.717, 1.165) is 50.5 Å². The van der Waals surface area contributed by atoms with Gasteiger partial charge in [-0.1, -0.05) is 20.8 Å². The van der Waals surface area contributed by atoms with Crippen molar-refractivity contribution in [2.45, 2.75) is 58.4 Å². The van der Waals surface area contributed by atoms with Crippen LogP contribution in [0.5, 0.6) is 0 Å². The van der Waals surface area contributed by atoms with Crippen molar-refractivity contribution in [1.29, 1.82) is 0 Å². The zero-order chi connectivity index (χ0) is 15.5. The SMILES string of the molecule is CC(C)(C)c1cnc(CN2CCCC(CCC(=O)O)C2)o1. The molecule has 5 nitrogen and oxygen atoms in total. The first-order chi connectivity index (χ1) is 9.84. The zero-order valence-electron chi connectivity index (χ0n) is 13.3. The summed E-state index contributed by atoms with van der Waals surface area (Å²) in [6, 6.07) is 0. The summed E-state index contributed by atoms with van der Waals surface area (Å²) in [6.07, 6.45) is 5.11. The van der Waals surface area contributed by atoms with Crippen LogP contribution in [0, 0.1) is 5.92 Å². The third kappa shape index (κ3) is 4.84. The number of carboxylic acids is 1. The van der Waals surface area contributed by atoms with Gasteiger partial charge in [0.05, 0.1) is 12.7 Å². The second-order valence-electron chi connectivity index (χ2n) is 7.04. The Bertz CT molecular complexity index is 476. The maximum absolute atomic E-state index is 10.7. The molecule has 2 heterocycles. The Morgan fingerprint density at radius 1 is 1.52 bits per heavy atom. The second-order valence-corrected chi connectivity index (χ2v) is 7.04. The average molecular weight is 294 g/mol. The minimum Gasteiger partial charge on any atom is -0.481 e. The number of aromatic nitrogens is 1. The van der Waals surface area contributed by atoms with Crippen molar-refractivity contribution < 1.29 is 14.3 Å². The number of hydrogen-bond acceptors (Lipinski definition) is 4. The van der Waals surface area contributed by atoms with Crippen LogP contribution in [-0.4, -0.2) is 34.0 Å². The van der Waals surface area contributed by atoms with Crippen molar-refractivity contribution in [1.82, 2.24) is 9.88 Å². The van der Waals surface area contributed by atoms with Gasteiger partial charge in [0.15, 0.2) is 0 Å². The van der Waals surface area contributed by atoms with Gasteiger partial charge in [-0.25, -0.2) is 4.98 Å². The molecule has 1 fully saturated rings. The number of likely N-dealkylation sites (tertiary alicyclic amines) is 1. The molecule has 0 spiro atoms. The summed E-state index contributed by atoms with van der Waals surface area (Å²) in [7, 11) is 0. The van der Waals surface area contributed by atoms with Gasteiger partial charge in [0.1, 0.15) is 5.76 Å². The summed E-state index contributed by atoms with van der Waals surface area (Å²) in [6.45, 7) is 9.04. The predicted octanol–water partition coefficient (Wildman–Crippen LogP) is 3.05. The molecule has 1 aromatic heterocycles. The maximum atomic E-state index is 10.7. The van der Waals surface area contributed by atoms with E-state index in [1.165, 1.54) is 0 Å². The van der Waals surface area contributed by atoms with Crippen molar-refractivity contribution >= 4 is 5.97 Å². The molecule has 0 amide bonds. The summed E-state index contributed by atoms with van der Waals surface area (Å²) in [5, 5.41) is 8.79. The van der Waals surface area contributed by atoms with Crippen LogP contribution in [0.15, 0.2) is 10.6 Å². The van der Waals surface area contributed by atoms with E-state index in [0.29, 0.717) is 5.92 Å². The highest BCUT2D eigenvalue weighted by atomic mass is 16.4. The predicted molar refractivity (Wildman–Crippen MR) is 80.1 cm³/mol. The van der Waals surface area contributed by atoms with E-state index in [1.54, 1.807) is 0 Å². The molecule has 0 radical (unpaired) electrons. The fraction of sp³-hybridized carbons (Fsp3) is 0.750. The van der Waals surface area contributed by atoms with Crippen LogP contribution in [0.4, 0.5) is 0 Å². The smallest absolute Gasteiger partial charge is 0.303 e. The molecule has 1 atom stereocenters. The van der Waals surface area contributed by atoms with Gasteiger partial charge in [0.2, 0.25) is 5.89 Å². The number of rotatable bonds is 5. The van der Waals surface area contributed by atoms with E-state index in [4.69, 9.17) is 9.52 Å². The van der Waals surface area contributed by atoms with Crippen LogP contribution in [0.3, 0.4) is 0 Å². The number of hydrogen-bond donors (Lipinski definition) is 1. The topological polar surface area (TPSA) is 66.6 Å². The van der Waals surface area contributed by atoms with Crippen molar-refractivity contribution in [2.75, 3.05) is 13.1 Å². The Balaban J connectivity index is 1.87. The second kappa shape index (κ2) is 6.60. The fourth-order valence-corrected chi connectivity index (χ4v) is 2.78. The molecule has 1 aliphatic rings. The van der Waals surface area contributed by atoms with Crippen molar-refractivity contribution in [3.05, 3.63) is 17.8 Å². The lowest BCUT2D eigenvalue weighted by atomic mass is 9.93.